The standard InChI is InChI=1S/C55H90N2.2C12H25.Ni/c1-4-7-10-12-14-15-16-17-18-19-20-21-22-23-24-25-26-27-28-29-30-31-32-34-35-38-50-43-45-53(46-44-50)55(52(41-9-6-3)47-48-57-56)54-42-37-40-51(49-54)39-36-33-13-11-8-5-2;2*1-3-5-7-9-11-12-10-8-6-4-2;/h37,40,42-47,49H,4-36,38-39,41H2,1-3H3;2*1,3-12H2,2H3;/q;2*-1;+2. The van der Waals surface area contributed by atoms with Gasteiger partial charge in [0.25, 0.3) is 5.87 Å². The first-order valence-corrected chi connectivity index (χ1v) is 36.5. The molecule has 0 fully saturated rings. The van der Waals surface area contributed by atoms with Gasteiger partial charge in [-0.3, -0.25) is 0 Å². The fourth-order valence-corrected chi connectivity index (χ4v) is 11.6. The molecule has 3 heteroatoms. The third-order valence-corrected chi connectivity index (χ3v) is 17.0. The maximum Gasteiger partial charge on any atom is 2.00 e. The number of aryl methyl sites for hydroxylation is 2. The van der Waals surface area contributed by atoms with Crippen LogP contribution in [0.4, 0.5) is 0 Å². The molecule has 476 valence electrons. The molecule has 0 aliphatic rings. The van der Waals surface area contributed by atoms with Crippen molar-refractivity contribution in [2.45, 2.75) is 394 Å². The van der Waals surface area contributed by atoms with Gasteiger partial charge in [-0.25, -0.2) is 0 Å². The molecule has 0 saturated heterocycles. The molecule has 0 heterocycles. The van der Waals surface area contributed by atoms with Crippen LogP contribution in [0, 0.1) is 13.8 Å². The largest absolute Gasteiger partial charge is 2.00 e. The molecule has 0 bridgehead atoms. The van der Waals surface area contributed by atoms with Crippen molar-refractivity contribution < 1.29 is 21.3 Å². The quantitative estimate of drug-likeness (QED) is 0.0120. The fourth-order valence-electron chi connectivity index (χ4n) is 11.6. The van der Waals surface area contributed by atoms with E-state index in [0.29, 0.717) is 0 Å². The molecule has 82 heavy (non-hydrogen) atoms. The van der Waals surface area contributed by atoms with Crippen LogP contribution in [-0.4, -0.2) is 10.7 Å². The van der Waals surface area contributed by atoms with Crippen molar-refractivity contribution >= 4 is 11.4 Å². The van der Waals surface area contributed by atoms with Gasteiger partial charge < -0.3 is 19.4 Å². The number of nitrogens with zero attached hydrogens (tertiary/aromatic N) is 2. The molecule has 0 aliphatic carbocycles. The SMILES string of the molecule is CCCCCCCCCCCCCCCCCCCCCCCCCCCc1ccc(C(=C(C=C=[N+]=[N-])CCCC)c2cccc(CCCCCCCC)c2)cc1.[CH2-]CCCCCCCCCCC.[CH2-]CCCCCCCCCCC.[Ni+2]. The van der Waals surface area contributed by atoms with Crippen molar-refractivity contribution in [2.24, 2.45) is 0 Å². The third kappa shape index (κ3) is 55.7. The van der Waals surface area contributed by atoms with Gasteiger partial charge in [0, 0.05) is 0 Å². The minimum absolute atomic E-state index is 0. The molecule has 0 spiro atoms. The molecular weight excluding hydrogens is 1040 g/mol. The average Bonchev–Trinajstić information content (AvgIpc) is 3.51. The Morgan fingerprint density at radius 3 is 0.951 bits per heavy atom. The summed E-state index contributed by atoms with van der Waals surface area (Å²) in [6, 6.07) is 18.5. The summed E-state index contributed by atoms with van der Waals surface area (Å²) in [7, 11) is 0. The second-order valence-corrected chi connectivity index (χ2v) is 24.9. The van der Waals surface area contributed by atoms with E-state index in [-0.39, 0.29) is 16.5 Å². The van der Waals surface area contributed by atoms with E-state index in [1.54, 1.807) is 0 Å². The van der Waals surface area contributed by atoms with Gasteiger partial charge in [-0.05, 0) is 71.9 Å². The second-order valence-electron chi connectivity index (χ2n) is 24.9. The number of hydrogen-bond acceptors (Lipinski definition) is 0. The molecule has 0 unspecified atom stereocenters. The maximum absolute atomic E-state index is 9.25. The summed E-state index contributed by atoms with van der Waals surface area (Å²) in [6.45, 7) is 19.1. The average molecular weight is 1180 g/mol. The summed E-state index contributed by atoms with van der Waals surface area (Å²) >= 11 is 0. The monoisotopic (exact) mass is 1180 g/mol. The van der Waals surface area contributed by atoms with Crippen LogP contribution in [0.1, 0.15) is 404 Å². The van der Waals surface area contributed by atoms with E-state index in [1.165, 1.54) is 348 Å². The van der Waals surface area contributed by atoms with Gasteiger partial charge in [0.2, 0.25) is 0 Å². The third-order valence-electron chi connectivity index (χ3n) is 17.0. The number of allylic oxidation sites excluding steroid dienone is 2. The number of unbranched alkanes of at least 4 members (excludes halogenated alkanes) is 48. The molecule has 0 aliphatic heterocycles. The Kier molecular flexibility index (Phi) is 69.5. The Morgan fingerprint density at radius 2 is 0.646 bits per heavy atom. The molecule has 0 amide bonds. The Morgan fingerprint density at radius 1 is 0.354 bits per heavy atom. The van der Waals surface area contributed by atoms with E-state index >= 15 is 0 Å². The van der Waals surface area contributed by atoms with Crippen molar-refractivity contribution in [3.05, 3.63) is 102 Å². The molecular formula is C79H140N2Ni. The number of hydrogen-bond donors (Lipinski definition) is 0. The van der Waals surface area contributed by atoms with E-state index < -0.39 is 0 Å². The minimum Gasteiger partial charge on any atom is -0.348 e. The molecule has 0 N–H and O–H groups in total. The Bertz CT molecular complexity index is 1620. The summed E-state index contributed by atoms with van der Waals surface area (Å²) < 4.78 is 0. The zero-order valence-corrected chi connectivity index (χ0v) is 56.9. The van der Waals surface area contributed by atoms with Crippen LogP contribution < -0.4 is 0 Å². The van der Waals surface area contributed by atoms with E-state index in [4.69, 9.17) is 0 Å². The topological polar surface area (TPSA) is 36.4 Å². The van der Waals surface area contributed by atoms with Crippen LogP contribution in [-0.2, 0) is 29.3 Å². The summed E-state index contributed by atoms with van der Waals surface area (Å²) in [5.41, 5.74) is 17.0. The van der Waals surface area contributed by atoms with Gasteiger partial charge >= 0.3 is 16.5 Å². The summed E-state index contributed by atoms with van der Waals surface area (Å²) in [5, 5.41) is 0. The van der Waals surface area contributed by atoms with E-state index in [1.807, 2.05) is 6.08 Å². The summed E-state index contributed by atoms with van der Waals surface area (Å²) in [5.74, 6) is 2.74. The van der Waals surface area contributed by atoms with Crippen LogP contribution in [0.2, 0.25) is 0 Å². The summed E-state index contributed by atoms with van der Waals surface area (Å²) in [4.78, 5) is 3.22. The first-order valence-electron chi connectivity index (χ1n) is 36.5. The first-order chi connectivity index (χ1) is 40.1. The Balaban J connectivity index is 0. The second kappa shape index (κ2) is 69.6. The minimum atomic E-state index is 0. The predicted octanol–water partition coefficient (Wildman–Crippen LogP) is 27.8. The van der Waals surface area contributed by atoms with E-state index in [0.717, 1.165) is 44.9 Å². The van der Waals surface area contributed by atoms with Crippen LogP contribution in [0.25, 0.3) is 11.1 Å². The van der Waals surface area contributed by atoms with Crippen molar-refractivity contribution in [2.75, 3.05) is 0 Å². The van der Waals surface area contributed by atoms with Crippen molar-refractivity contribution in [1.29, 1.82) is 0 Å². The maximum atomic E-state index is 9.25. The first kappa shape index (κ1) is 81.9. The molecule has 2 nitrogen and oxygen atoms in total. The van der Waals surface area contributed by atoms with Gasteiger partial charge in [-0.2, -0.15) is 12.8 Å². The van der Waals surface area contributed by atoms with E-state index in [2.05, 4.69) is 108 Å². The van der Waals surface area contributed by atoms with Gasteiger partial charge in [0.15, 0.2) is 0 Å². The van der Waals surface area contributed by atoms with Gasteiger partial charge in [-0.1, -0.05) is 391 Å². The van der Waals surface area contributed by atoms with Crippen molar-refractivity contribution in [3.63, 3.8) is 0 Å². The fraction of sp³-hybridized carbons (Fsp3) is 0.772. The van der Waals surface area contributed by atoms with Crippen molar-refractivity contribution in [3.8, 4) is 0 Å². The number of rotatable bonds is 57. The zero-order valence-electron chi connectivity index (χ0n) is 55.9. The summed E-state index contributed by atoms with van der Waals surface area (Å²) in [6.07, 6.45) is 78.9. The van der Waals surface area contributed by atoms with Crippen LogP contribution in [0.3, 0.4) is 0 Å². The Hall–Kier alpha value is -2.17. The number of benzene rings is 2. The molecule has 2 rings (SSSR count). The van der Waals surface area contributed by atoms with Gasteiger partial charge in [0.05, 0.1) is 6.08 Å². The molecule has 2 aromatic rings. The molecule has 0 radical (unpaired) electrons. The van der Waals surface area contributed by atoms with Crippen LogP contribution >= 0.6 is 0 Å². The molecule has 2 aromatic carbocycles. The van der Waals surface area contributed by atoms with Crippen LogP contribution in [0.5, 0.6) is 0 Å². The predicted molar refractivity (Wildman–Crippen MR) is 368 cm³/mol. The normalized spacial score (nSPS) is 11.2. The molecule has 0 saturated carbocycles. The smallest absolute Gasteiger partial charge is 0.348 e. The van der Waals surface area contributed by atoms with Gasteiger partial charge in [0.1, 0.15) is 0 Å². The Labute approximate surface area is 525 Å². The van der Waals surface area contributed by atoms with Crippen LogP contribution in [0.15, 0.2) is 60.2 Å². The zero-order chi connectivity index (χ0) is 58.8. The van der Waals surface area contributed by atoms with Crippen molar-refractivity contribution in [1.82, 2.24) is 0 Å². The van der Waals surface area contributed by atoms with Gasteiger partial charge in [-0.15, -0.1) is 4.79 Å². The van der Waals surface area contributed by atoms with E-state index in [9.17, 15) is 5.53 Å². The molecule has 0 aromatic heterocycles. The molecule has 0 atom stereocenters.